The van der Waals surface area contributed by atoms with Gasteiger partial charge >= 0.3 is 0 Å². The number of amides is 1. The Morgan fingerprint density at radius 2 is 1.58 bits per heavy atom. The first kappa shape index (κ1) is 14.8. The number of nitrogens with one attached hydrogen (secondary N) is 1. The molecule has 2 aromatic carbocycles. The van der Waals surface area contributed by atoms with Crippen LogP contribution < -0.4 is 5.32 Å². The summed E-state index contributed by atoms with van der Waals surface area (Å²) in [5.41, 5.74) is 2.50. The molecule has 2 aromatic rings. The first-order valence-corrected chi connectivity index (χ1v) is 8.23. The van der Waals surface area contributed by atoms with Crippen LogP contribution >= 0.6 is 47.8 Å². The summed E-state index contributed by atoms with van der Waals surface area (Å²) in [5.74, 6) is -0.131. The second kappa shape index (κ2) is 6.68. The number of para-hydroxylation sites is 1. The molecule has 0 saturated heterocycles. The molecule has 5 heteroatoms. The third-order valence-corrected chi connectivity index (χ3v) is 4.54. The van der Waals surface area contributed by atoms with Crippen molar-refractivity contribution in [3.63, 3.8) is 0 Å². The highest BCUT2D eigenvalue weighted by atomic mass is 79.9. The molecule has 0 atom stereocenters. The summed E-state index contributed by atoms with van der Waals surface area (Å²) in [5, 5.41) is 3.67. The molecule has 0 aliphatic carbocycles. The summed E-state index contributed by atoms with van der Waals surface area (Å²) >= 11 is 10.2. The van der Waals surface area contributed by atoms with Crippen molar-refractivity contribution in [2.24, 2.45) is 0 Å². The molecule has 2 rings (SSSR count). The summed E-state index contributed by atoms with van der Waals surface area (Å²) in [4.78, 5) is 12.2. The number of halogens is 3. The van der Waals surface area contributed by atoms with Crippen LogP contribution in [0.1, 0.15) is 15.9 Å². The van der Waals surface area contributed by atoms with Gasteiger partial charge in [-0.3, -0.25) is 4.79 Å². The Morgan fingerprint density at radius 3 is 2.11 bits per heavy atom. The zero-order chi connectivity index (χ0) is 13.8. The van der Waals surface area contributed by atoms with E-state index < -0.39 is 0 Å². The number of anilines is 1. The Morgan fingerprint density at radius 1 is 1.00 bits per heavy atom. The van der Waals surface area contributed by atoms with Gasteiger partial charge in [0.05, 0.1) is 5.69 Å². The fourth-order valence-electron chi connectivity index (χ4n) is 1.55. The average Bonchev–Trinajstić information content (AvgIpc) is 2.43. The number of carbonyl (C=O) groups is 1. The van der Waals surface area contributed by atoms with Crippen molar-refractivity contribution in [3.8, 4) is 0 Å². The number of hydrogen-bond donors (Lipinski definition) is 1. The van der Waals surface area contributed by atoms with Crippen molar-refractivity contribution >= 4 is 59.4 Å². The lowest BCUT2D eigenvalue weighted by molar-refractivity contribution is 0.102. The predicted octanol–water partition coefficient (Wildman–Crippen LogP) is 5.36. The maximum Gasteiger partial charge on any atom is 0.255 e. The third-order valence-electron chi connectivity index (χ3n) is 2.57. The molecule has 0 aromatic heterocycles. The van der Waals surface area contributed by atoms with Crippen LogP contribution in [0.15, 0.2) is 51.4 Å². The smallest absolute Gasteiger partial charge is 0.255 e. The van der Waals surface area contributed by atoms with Crippen molar-refractivity contribution in [1.82, 2.24) is 0 Å². The molecule has 98 valence electrons. The third kappa shape index (κ3) is 3.68. The Bertz CT molecular complexity index is 576. The lowest BCUT2D eigenvalue weighted by Gasteiger charge is -2.09. The van der Waals surface area contributed by atoms with Crippen LogP contribution in [-0.2, 0) is 5.33 Å². The van der Waals surface area contributed by atoms with Crippen LogP contribution in [0.5, 0.6) is 0 Å². The topological polar surface area (TPSA) is 29.1 Å². The van der Waals surface area contributed by atoms with Gasteiger partial charge in [-0.05, 0) is 61.7 Å². The first-order valence-electron chi connectivity index (χ1n) is 5.52. The Hall–Kier alpha value is -0.650. The van der Waals surface area contributed by atoms with Crippen molar-refractivity contribution in [3.05, 3.63) is 62.5 Å². The molecule has 0 heterocycles. The summed E-state index contributed by atoms with van der Waals surface area (Å²) < 4.78 is 1.68. The molecule has 0 aliphatic heterocycles. The van der Waals surface area contributed by atoms with E-state index in [1.807, 2.05) is 42.5 Å². The first-order chi connectivity index (χ1) is 9.11. The molecule has 0 spiro atoms. The lowest BCUT2D eigenvalue weighted by atomic mass is 10.1. The van der Waals surface area contributed by atoms with Gasteiger partial charge in [-0.1, -0.05) is 34.1 Å². The molecule has 2 nitrogen and oxygen atoms in total. The number of rotatable bonds is 3. The van der Waals surface area contributed by atoms with Gasteiger partial charge < -0.3 is 5.32 Å². The van der Waals surface area contributed by atoms with Crippen LogP contribution in [0.2, 0.25) is 0 Å². The fourth-order valence-corrected chi connectivity index (χ4v) is 3.12. The monoisotopic (exact) mass is 445 g/mol. The molecular weight excluding hydrogens is 438 g/mol. The van der Waals surface area contributed by atoms with Crippen molar-refractivity contribution in [2.75, 3.05) is 5.32 Å². The summed E-state index contributed by atoms with van der Waals surface area (Å²) in [6.07, 6.45) is 0. The van der Waals surface area contributed by atoms with Crippen LogP contribution in [0, 0.1) is 0 Å². The van der Waals surface area contributed by atoms with Gasteiger partial charge in [0.25, 0.3) is 5.91 Å². The molecule has 0 fully saturated rings. The van der Waals surface area contributed by atoms with E-state index in [1.54, 1.807) is 0 Å². The molecule has 0 saturated carbocycles. The molecule has 0 unspecified atom stereocenters. The van der Waals surface area contributed by atoms with E-state index in [2.05, 4.69) is 53.1 Å². The van der Waals surface area contributed by atoms with E-state index in [0.717, 1.165) is 25.5 Å². The van der Waals surface area contributed by atoms with E-state index in [1.165, 1.54) is 0 Å². The minimum atomic E-state index is -0.131. The minimum absolute atomic E-state index is 0.131. The highest BCUT2D eigenvalue weighted by Gasteiger charge is 2.10. The lowest BCUT2D eigenvalue weighted by Crippen LogP contribution is -2.12. The van der Waals surface area contributed by atoms with Crippen molar-refractivity contribution < 1.29 is 4.79 Å². The van der Waals surface area contributed by atoms with E-state index in [0.29, 0.717) is 5.56 Å². The molecule has 19 heavy (non-hydrogen) atoms. The zero-order valence-electron chi connectivity index (χ0n) is 9.79. The fraction of sp³-hybridized carbons (Fsp3) is 0.0714. The number of alkyl halides is 1. The quantitative estimate of drug-likeness (QED) is 0.630. The summed E-state index contributed by atoms with van der Waals surface area (Å²) in [6, 6.07) is 13.2. The van der Waals surface area contributed by atoms with E-state index in [4.69, 9.17) is 0 Å². The molecule has 1 amide bonds. The van der Waals surface area contributed by atoms with Gasteiger partial charge in [-0.15, -0.1) is 0 Å². The Balaban J connectivity index is 2.20. The Labute approximate surface area is 137 Å². The van der Waals surface area contributed by atoms with Crippen LogP contribution in [-0.4, -0.2) is 5.91 Å². The minimum Gasteiger partial charge on any atom is -0.320 e. The standard InChI is InChI=1S/C14H10Br3NO/c15-8-9-4-6-10(7-5-9)14(19)18-13-11(16)2-1-3-12(13)17/h1-7H,8H2,(H,18,19). The summed E-state index contributed by atoms with van der Waals surface area (Å²) in [6.45, 7) is 0. The largest absolute Gasteiger partial charge is 0.320 e. The molecule has 1 N–H and O–H groups in total. The molecule has 0 radical (unpaired) electrons. The van der Waals surface area contributed by atoms with Crippen LogP contribution in [0.4, 0.5) is 5.69 Å². The zero-order valence-corrected chi connectivity index (χ0v) is 14.5. The van der Waals surface area contributed by atoms with Gasteiger partial charge in [0.1, 0.15) is 0 Å². The van der Waals surface area contributed by atoms with Gasteiger partial charge in [0.15, 0.2) is 0 Å². The normalized spacial score (nSPS) is 10.3. The maximum atomic E-state index is 12.2. The number of benzene rings is 2. The SMILES string of the molecule is O=C(Nc1c(Br)cccc1Br)c1ccc(CBr)cc1. The van der Waals surface area contributed by atoms with Crippen molar-refractivity contribution in [1.29, 1.82) is 0 Å². The number of carbonyl (C=O) groups excluding carboxylic acids is 1. The highest BCUT2D eigenvalue weighted by Crippen LogP contribution is 2.30. The highest BCUT2D eigenvalue weighted by molar-refractivity contribution is 9.11. The number of hydrogen-bond acceptors (Lipinski definition) is 1. The average molecular weight is 448 g/mol. The molecule has 0 bridgehead atoms. The van der Waals surface area contributed by atoms with E-state index in [9.17, 15) is 4.79 Å². The second-order valence-electron chi connectivity index (χ2n) is 3.88. The maximum absolute atomic E-state index is 12.2. The van der Waals surface area contributed by atoms with Gasteiger partial charge in [0.2, 0.25) is 0 Å². The van der Waals surface area contributed by atoms with Gasteiger partial charge in [0, 0.05) is 19.8 Å². The van der Waals surface area contributed by atoms with E-state index in [-0.39, 0.29) is 5.91 Å². The summed E-state index contributed by atoms with van der Waals surface area (Å²) in [7, 11) is 0. The van der Waals surface area contributed by atoms with Crippen LogP contribution in [0.25, 0.3) is 0 Å². The van der Waals surface area contributed by atoms with E-state index >= 15 is 0 Å². The predicted molar refractivity (Wildman–Crippen MR) is 88.9 cm³/mol. The van der Waals surface area contributed by atoms with Gasteiger partial charge in [-0.25, -0.2) is 0 Å². The second-order valence-corrected chi connectivity index (χ2v) is 6.15. The molecular formula is C14H10Br3NO. The Kier molecular flexibility index (Phi) is 5.19. The molecule has 0 aliphatic rings. The van der Waals surface area contributed by atoms with Gasteiger partial charge in [-0.2, -0.15) is 0 Å². The van der Waals surface area contributed by atoms with Crippen molar-refractivity contribution in [2.45, 2.75) is 5.33 Å². The van der Waals surface area contributed by atoms with Crippen LogP contribution in [0.3, 0.4) is 0 Å².